The Morgan fingerprint density at radius 3 is 1.61 bits per heavy atom. The molecule has 14 heteroatoms. The summed E-state index contributed by atoms with van der Waals surface area (Å²) >= 11 is 0. The highest BCUT2D eigenvalue weighted by Crippen LogP contribution is 2.59. The number of nitrogens with one attached hydrogen (secondary N) is 3. The molecule has 0 heterocycles. The van der Waals surface area contributed by atoms with Crippen LogP contribution in [0.3, 0.4) is 0 Å². The summed E-state index contributed by atoms with van der Waals surface area (Å²) in [5, 5.41) is 8.57. The molecular weight excluding hydrogens is 843 g/mol. The summed E-state index contributed by atoms with van der Waals surface area (Å²) < 4.78 is 16.7. The van der Waals surface area contributed by atoms with E-state index in [0.717, 1.165) is 37.7 Å². The van der Waals surface area contributed by atoms with Gasteiger partial charge in [-0.3, -0.25) is 24.0 Å². The van der Waals surface area contributed by atoms with Crippen molar-refractivity contribution in [3.8, 4) is 11.1 Å². The van der Waals surface area contributed by atoms with E-state index < -0.39 is 59.7 Å². The first-order valence-corrected chi connectivity index (χ1v) is 21.6. The Labute approximate surface area is 382 Å². The highest BCUT2D eigenvalue weighted by molar-refractivity contribution is 6.13. The summed E-state index contributed by atoms with van der Waals surface area (Å²) in [5.41, 5.74) is 1.58. The van der Waals surface area contributed by atoms with E-state index >= 15 is 0 Å². The van der Waals surface area contributed by atoms with Crippen molar-refractivity contribution in [3.05, 3.63) is 148 Å². The number of hydrogen-bond donors (Lipinski definition) is 3. The van der Waals surface area contributed by atoms with Crippen LogP contribution in [0, 0.1) is 18.8 Å². The molecule has 0 aromatic heterocycles. The van der Waals surface area contributed by atoms with Gasteiger partial charge < -0.3 is 30.2 Å². The molecule has 340 valence electrons. The smallest absolute Gasteiger partial charge is 0.339 e. The minimum atomic E-state index is -0.960. The van der Waals surface area contributed by atoms with Gasteiger partial charge in [-0.15, -0.1) is 0 Å². The molecule has 66 heavy (non-hydrogen) atoms. The van der Waals surface area contributed by atoms with Gasteiger partial charge in [-0.25, -0.2) is 14.4 Å². The predicted molar refractivity (Wildman–Crippen MR) is 244 cm³/mol. The van der Waals surface area contributed by atoms with Gasteiger partial charge >= 0.3 is 17.9 Å². The van der Waals surface area contributed by atoms with Crippen LogP contribution in [0.1, 0.15) is 120 Å². The topological polar surface area (TPSA) is 200 Å². The SMILES string of the molecule is C=C(C)C(=O)COC(=O)c1ccc(-c2ccc(C(=O)OCC(=O)C(=C)C)c(C(=O)Nc3ccc(C(=O)NC45CC6CC(C4)CC(OC(=O)c4ccc(C)cc4)(C6)C5)cc3)c2)cc1C(=O)NC. The lowest BCUT2D eigenvalue weighted by atomic mass is 9.51. The van der Waals surface area contributed by atoms with Crippen molar-refractivity contribution < 1.29 is 52.6 Å². The van der Waals surface area contributed by atoms with Crippen LogP contribution < -0.4 is 16.0 Å². The van der Waals surface area contributed by atoms with Crippen LogP contribution in [0.4, 0.5) is 5.69 Å². The van der Waals surface area contributed by atoms with Crippen molar-refractivity contribution in [3.63, 3.8) is 0 Å². The fourth-order valence-electron chi connectivity index (χ4n) is 9.58. The normalized spacial score (nSPS) is 20.0. The first kappa shape index (κ1) is 46.5. The van der Waals surface area contributed by atoms with Gasteiger partial charge in [0.05, 0.1) is 27.8 Å². The number of amides is 3. The van der Waals surface area contributed by atoms with Crippen LogP contribution in [0.2, 0.25) is 0 Å². The van der Waals surface area contributed by atoms with E-state index in [9.17, 15) is 38.4 Å². The summed E-state index contributed by atoms with van der Waals surface area (Å²) in [6.45, 7) is 10.9. The summed E-state index contributed by atoms with van der Waals surface area (Å²) in [7, 11) is 1.38. The first-order chi connectivity index (χ1) is 31.4. The number of ether oxygens (including phenoxy) is 3. The number of esters is 3. The van der Waals surface area contributed by atoms with Crippen molar-refractivity contribution >= 4 is 52.9 Å². The fraction of sp³-hybridized carbons (Fsp3) is 0.308. The Morgan fingerprint density at radius 2 is 1.11 bits per heavy atom. The maximum Gasteiger partial charge on any atom is 0.339 e. The molecule has 4 aliphatic carbocycles. The molecule has 3 N–H and O–H groups in total. The number of ketones is 2. The van der Waals surface area contributed by atoms with Crippen molar-refractivity contribution in [2.75, 3.05) is 25.6 Å². The summed E-state index contributed by atoms with van der Waals surface area (Å²) in [5.74, 6) is -4.27. The van der Waals surface area contributed by atoms with Gasteiger partial charge in [0.1, 0.15) is 5.60 Å². The number of hydrogen-bond acceptors (Lipinski definition) is 11. The molecule has 3 amide bonds. The third-order valence-electron chi connectivity index (χ3n) is 12.5. The molecule has 14 nitrogen and oxygen atoms in total. The molecule has 0 radical (unpaired) electrons. The van der Waals surface area contributed by atoms with Crippen LogP contribution in [-0.4, -0.2) is 78.6 Å². The van der Waals surface area contributed by atoms with Crippen LogP contribution in [0.25, 0.3) is 11.1 Å². The molecule has 4 aromatic carbocycles. The van der Waals surface area contributed by atoms with Crippen LogP contribution in [0.15, 0.2) is 109 Å². The van der Waals surface area contributed by atoms with Crippen LogP contribution in [-0.2, 0) is 23.8 Å². The average Bonchev–Trinajstić information content (AvgIpc) is 3.28. The molecule has 4 bridgehead atoms. The Balaban J connectivity index is 1.10. The average molecular weight is 894 g/mol. The van der Waals surface area contributed by atoms with Gasteiger partial charge in [0, 0.05) is 30.3 Å². The monoisotopic (exact) mass is 893 g/mol. The molecule has 2 unspecified atom stereocenters. The Morgan fingerprint density at radius 1 is 0.606 bits per heavy atom. The summed E-state index contributed by atoms with van der Waals surface area (Å²) in [6.07, 6.45) is 4.67. The van der Waals surface area contributed by atoms with Crippen molar-refractivity contribution in [2.45, 2.75) is 70.4 Å². The minimum absolute atomic E-state index is 0.0797. The number of benzene rings is 4. The minimum Gasteiger partial charge on any atom is -0.455 e. The number of anilines is 1. The van der Waals surface area contributed by atoms with E-state index in [2.05, 4.69) is 29.1 Å². The van der Waals surface area contributed by atoms with Crippen molar-refractivity contribution in [1.29, 1.82) is 0 Å². The van der Waals surface area contributed by atoms with E-state index in [1.807, 2.05) is 19.1 Å². The van der Waals surface area contributed by atoms with Gasteiger partial charge in [-0.2, -0.15) is 0 Å². The van der Waals surface area contributed by atoms with E-state index in [0.29, 0.717) is 46.2 Å². The Kier molecular flexibility index (Phi) is 13.3. The summed E-state index contributed by atoms with van der Waals surface area (Å²) in [4.78, 5) is 105. The van der Waals surface area contributed by atoms with Crippen LogP contribution in [0.5, 0.6) is 0 Å². The fourth-order valence-corrected chi connectivity index (χ4v) is 9.58. The molecule has 4 saturated carbocycles. The third kappa shape index (κ3) is 10.2. The van der Waals surface area contributed by atoms with Crippen LogP contribution >= 0.6 is 0 Å². The summed E-state index contributed by atoms with van der Waals surface area (Å²) in [6, 6.07) is 22.1. The third-order valence-corrected chi connectivity index (χ3v) is 12.5. The van der Waals surface area contributed by atoms with Gasteiger partial charge in [0.15, 0.2) is 24.8 Å². The quantitative estimate of drug-likeness (QED) is 0.0570. The second kappa shape index (κ2) is 18.9. The first-order valence-electron chi connectivity index (χ1n) is 21.6. The van der Waals surface area contributed by atoms with E-state index in [-0.39, 0.29) is 45.3 Å². The second-order valence-corrected chi connectivity index (χ2v) is 17.8. The Hall–Kier alpha value is -7.48. The van der Waals surface area contributed by atoms with Gasteiger partial charge in [0.2, 0.25) is 0 Å². The number of carbonyl (C=O) groups excluding carboxylic acids is 8. The molecule has 2 atom stereocenters. The molecule has 0 saturated heterocycles. The van der Waals surface area contributed by atoms with E-state index in [1.165, 1.54) is 57.3 Å². The van der Waals surface area contributed by atoms with Crippen molar-refractivity contribution in [2.24, 2.45) is 11.8 Å². The maximum absolute atomic E-state index is 14.1. The standard InChI is InChI=1S/C52H51N3O11/c1-29(2)43(56)26-64-49(62)39-17-13-36(20-41(39)46(59)53-6)37-14-18-40(50(63)65-27-44(57)30(3)4)42(21-37)47(60)54-38-15-11-34(12-16-38)45(58)55-51-22-32-19-33(23-51)25-52(24-32,28-51)66-48(61)35-9-7-31(5)8-10-35/h7-18,20-21,32-33H,1,3,19,22-28H2,2,4-6H3,(H,53,59)(H,54,60)(H,55,58). The molecular formula is C52H51N3O11. The number of carbonyl (C=O) groups is 8. The van der Waals surface area contributed by atoms with Crippen molar-refractivity contribution in [1.82, 2.24) is 10.6 Å². The lowest BCUT2D eigenvalue weighted by molar-refractivity contribution is -0.144. The maximum atomic E-state index is 14.1. The number of rotatable bonds is 16. The van der Waals surface area contributed by atoms with Gasteiger partial charge in [-0.05, 0) is 148 Å². The largest absolute Gasteiger partial charge is 0.455 e. The zero-order valence-electron chi connectivity index (χ0n) is 37.3. The lowest BCUT2D eigenvalue weighted by Crippen LogP contribution is -2.66. The van der Waals surface area contributed by atoms with E-state index in [1.54, 1.807) is 36.4 Å². The zero-order chi connectivity index (χ0) is 47.5. The molecule has 0 spiro atoms. The number of Topliss-reactive ketones (excluding diaryl/α,β-unsaturated/α-hetero) is 2. The zero-order valence-corrected chi connectivity index (χ0v) is 37.3. The highest BCUT2D eigenvalue weighted by Gasteiger charge is 2.60. The molecule has 4 fully saturated rings. The Bertz CT molecular complexity index is 2690. The predicted octanol–water partition coefficient (Wildman–Crippen LogP) is 7.56. The number of aryl methyl sites for hydroxylation is 1. The van der Waals surface area contributed by atoms with E-state index in [4.69, 9.17) is 14.2 Å². The van der Waals surface area contributed by atoms with Gasteiger partial charge in [-0.1, -0.05) is 43.0 Å². The molecule has 4 aromatic rings. The molecule has 4 aliphatic rings. The van der Waals surface area contributed by atoms with Gasteiger partial charge in [0.25, 0.3) is 17.7 Å². The second-order valence-electron chi connectivity index (χ2n) is 17.8. The highest BCUT2D eigenvalue weighted by atomic mass is 16.6. The lowest BCUT2D eigenvalue weighted by Gasteiger charge is -2.61. The molecule has 0 aliphatic heterocycles. The molecule has 8 rings (SSSR count).